The summed E-state index contributed by atoms with van der Waals surface area (Å²) in [5, 5.41) is 10.0. The van der Waals surface area contributed by atoms with Crippen LogP contribution in [0.4, 0.5) is 0 Å². The predicted octanol–water partition coefficient (Wildman–Crippen LogP) is 3.10. The van der Waals surface area contributed by atoms with E-state index in [0.717, 1.165) is 32.4 Å². The molecule has 7 heteroatoms. The van der Waals surface area contributed by atoms with Crippen LogP contribution < -0.4 is 5.32 Å². The fourth-order valence-electron chi connectivity index (χ4n) is 3.19. The van der Waals surface area contributed by atoms with Gasteiger partial charge in [-0.15, -0.1) is 23.7 Å². The first kappa shape index (κ1) is 17.5. The molecule has 0 aromatic carbocycles. The van der Waals surface area contributed by atoms with Gasteiger partial charge < -0.3 is 10.2 Å². The number of hydrogen-bond donors (Lipinski definition) is 1. The maximum atomic E-state index is 12.9. The summed E-state index contributed by atoms with van der Waals surface area (Å²) in [4.78, 5) is 16.1. The number of carbonyl (C=O) groups is 1. The van der Waals surface area contributed by atoms with Gasteiger partial charge in [0.15, 0.2) is 0 Å². The van der Waals surface area contributed by atoms with E-state index in [2.05, 4.69) is 21.9 Å². The van der Waals surface area contributed by atoms with Gasteiger partial charge in [-0.3, -0.25) is 9.48 Å². The Labute approximate surface area is 152 Å². The van der Waals surface area contributed by atoms with Crippen molar-refractivity contribution >= 4 is 29.7 Å². The molecule has 1 aliphatic carbocycles. The van der Waals surface area contributed by atoms with Crippen molar-refractivity contribution in [3.63, 3.8) is 0 Å². The van der Waals surface area contributed by atoms with E-state index in [1.54, 1.807) is 11.3 Å². The minimum Gasteiger partial charge on any atom is -0.329 e. The number of halogens is 1. The molecule has 1 unspecified atom stereocenters. The molecule has 1 N–H and O–H groups in total. The summed E-state index contributed by atoms with van der Waals surface area (Å²) in [6, 6.07) is 6.78. The van der Waals surface area contributed by atoms with Crippen molar-refractivity contribution in [2.24, 2.45) is 0 Å². The van der Waals surface area contributed by atoms with Crippen LogP contribution in [0, 0.1) is 0 Å². The maximum absolute atomic E-state index is 12.9. The summed E-state index contributed by atoms with van der Waals surface area (Å²) in [7, 11) is 0. The van der Waals surface area contributed by atoms with Crippen LogP contribution in [0.5, 0.6) is 0 Å². The smallest absolute Gasteiger partial charge is 0.274 e. The van der Waals surface area contributed by atoms with E-state index in [9.17, 15) is 4.79 Å². The highest BCUT2D eigenvalue weighted by Crippen LogP contribution is 2.30. The standard InChI is InChI=1S/C17H22N4OS.ClH/c22-17(20(13-5-6-13)12-15-4-2-10-23-15)16-7-9-21(19-16)14-3-1-8-18-11-14;/h2,4,7,9-10,13-14,18H,1,3,5-6,8,11-12H2;1H. The Hall–Kier alpha value is -1.37. The summed E-state index contributed by atoms with van der Waals surface area (Å²) in [6.45, 7) is 2.73. The number of nitrogens with one attached hydrogen (secondary N) is 1. The number of rotatable bonds is 5. The van der Waals surface area contributed by atoms with E-state index >= 15 is 0 Å². The van der Waals surface area contributed by atoms with E-state index < -0.39 is 0 Å². The summed E-state index contributed by atoms with van der Waals surface area (Å²) in [5.41, 5.74) is 0.582. The van der Waals surface area contributed by atoms with Crippen LogP contribution in [0.1, 0.15) is 47.1 Å². The molecule has 4 rings (SSSR count). The lowest BCUT2D eigenvalue weighted by Gasteiger charge is -2.23. The molecular weight excluding hydrogens is 344 g/mol. The molecule has 24 heavy (non-hydrogen) atoms. The zero-order chi connectivity index (χ0) is 15.6. The Kier molecular flexibility index (Phi) is 5.58. The lowest BCUT2D eigenvalue weighted by molar-refractivity contribution is 0.0724. The number of hydrogen-bond acceptors (Lipinski definition) is 4. The van der Waals surface area contributed by atoms with Crippen molar-refractivity contribution in [2.45, 2.75) is 44.3 Å². The van der Waals surface area contributed by atoms with Crippen molar-refractivity contribution in [2.75, 3.05) is 13.1 Å². The maximum Gasteiger partial charge on any atom is 0.274 e. The average Bonchev–Trinajstić information content (AvgIpc) is 3.10. The van der Waals surface area contributed by atoms with Crippen molar-refractivity contribution < 1.29 is 4.79 Å². The normalized spacial score (nSPS) is 20.4. The monoisotopic (exact) mass is 366 g/mol. The third-order valence-electron chi connectivity index (χ3n) is 4.63. The number of thiophene rings is 1. The van der Waals surface area contributed by atoms with Gasteiger partial charge in [0.05, 0.1) is 12.6 Å². The van der Waals surface area contributed by atoms with Crippen LogP contribution in [0.2, 0.25) is 0 Å². The second-order valence-electron chi connectivity index (χ2n) is 6.42. The number of aromatic nitrogens is 2. The highest BCUT2D eigenvalue weighted by Gasteiger charge is 2.34. The third-order valence-corrected chi connectivity index (χ3v) is 5.49. The van der Waals surface area contributed by atoms with Crippen LogP contribution in [-0.2, 0) is 6.54 Å². The molecule has 1 aliphatic heterocycles. The van der Waals surface area contributed by atoms with Gasteiger partial charge in [0.25, 0.3) is 5.91 Å². The molecule has 3 heterocycles. The van der Waals surface area contributed by atoms with Crippen molar-refractivity contribution in [3.05, 3.63) is 40.3 Å². The van der Waals surface area contributed by atoms with Gasteiger partial charge in [0, 0.05) is 23.7 Å². The van der Waals surface area contributed by atoms with E-state index in [1.165, 1.54) is 11.3 Å². The molecule has 130 valence electrons. The number of amides is 1. The first-order valence-electron chi connectivity index (χ1n) is 8.40. The Morgan fingerprint density at radius 1 is 1.38 bits per heavy atom. The number of piperidine rings is 1. The van der Waals surface area contributed by atoms with Crippen LogP contribution in [0.25, 0.3) is 0 Å². The van der Waals surface area contributed by atoms with E-state index in [0.29, 0.717) is 24.3 Å². The molecule has 2 aromatic rings. The Morgan fingerprint density at radius 3 is 2.92 bits per heavy atom. The average molecular weight is 367 g/mol. The van der Waals surface area contributed by atoms with Crippen LogP contribution in [0.3, 0.4) is 0 Å². The highest BCUT2D eigenvalue weighted by atomic mass is 35.5. The van der Waals surface area contributed by atoms with Crippen molar-refractivity contribution in [3.8, 4) is 0 Å². The minimum atomic E-state index is 0. The highest BCUT2D eigenvalue weighted by molar-refractivity contribution is 7.09. The van der Waals surface area contributed by atoms with Gasteiger partial charge >= 0.3 is 0 Å². The van der Waals surface area contributed by atoms with Gasteiger partial charge in [0.1, 0.15) is 5.69 Å². The summed E-state index contributed by atoms with van der Waals surface area (Å²) < 4.78 is 1.97. The van der Waals surface area contributed by atoms with Crippen molar-refractivity contribution in [1.29, 1.82) is 0 Å². The first-order valence-corrected chi connectivity index (χ1v) is 9.28. The molecule has 1 atom stereocenters. The van der Waals surface area contributed by atoms with Crippen molar-refractivity contribution in [1.82, 2.24) is 20.0 Å². The molecule has 5 nitrogen and oxygen atoms in total. The second kappa shape index (κ2) is 7.68. The molecule has 0 radical (unpaired) electrons. The van der Waals surface area contributed by atoms with Gasteiger partial charge in [-0.2, -0.15) is 5.10 Å². The largest absolute Gasteiger partial charge is 0.329 e. The zero-order valence-corrected chi connectivity index (χ0v) is 15.2. The summed E-state index contributed by atoms with van der Waals surface area (Å²) >= 11 is 1.71. The fourth-order valence-corrected chi connectivity index (χ4v) is 3.89. The Balaban J connectivity index is 0.00000169. The Bertz CT molecular complexity index is 662. The molecule has 2 aliphatic rings. The molecule has 1 amide bonds. The lowest BCUT2D eigenvalue weighted by Crippen LogP contribution is -2.34. The molecule has 0 bridgehead atoms. The SMILES string of the molecule is Cl.O=C(c1ccn(C2CCCNC2)n1)N(Cc1cccs1)C1CC1. The van der Waals surface area contributed by atoms with Gasteiger partial charge in [0.2, 0.25) is 0 Å². The molecule has 1 saturated carbocycles. The van der Waals surface area contributed by atoms with Gasteiger partial charge in [-0.1, -0.05) is 6.07 Å². The molecule has 2 aromatic heterocycles. The second-order valence-corrected chi connectivity index (χ2v) is 7.46. The number of nitrogens with zero attached hydrogens (tertiary/aromatic N) is 3. The summed E-state index contributed by atoms with van der Waals surface area (Å²) in [6.07, 6.45) is 6.49. The van der Waals surface area contributed by atoms with E-state index in [4.69, 9.17) is 0 Å². The van der Waals surface area contributed by atoms with Gasteiger partial charge in [-0.05, 0) is 49.7 Å². The van der Waals surface area contributed by atoms with Crippen LogP contribution in [-0.4, -0.2) is 39.7 Å². The van der Waals surface area contributed by atoms with Crippen LogP contribution >= 0.6 is 23.7 Å². The lowest BCUT2D eigenvalue weighted by atomic mass is 10.1. The topological polar surface area (TPSA) is 50.2 Å². The number of carbonyl (C=O) groups excluding carboxylic acids is 1. The molecule has 2 fully saturated rings. The quantitative estimate of drug-likeness (QED) is 0.884. The Morgan fingerprint density at radius 2 is 2.25 bits per heavy atom. The van der Waals surface area contributed by atoms with Gasteiger partial charge in [-0.25, -0.2) is 0 Å². The van der Waals surface area contributed by atoms with Crippen LogP contribution in [0.15, 0.2) is 29.8 Å². The predicted molar refractivity (Wildman–Crippen MR) is 97.8 cm³/mol. The third kappa shape index (κ3) is 3.82. The van der Waals surface area contributed by atoms with E-state index in [-0.39, 0.29) is 18.3 Å². The molecular formula is C17H23ClN4OS. The molecule has 0 spiro atoms. The summed E-state index contributed by atoms with van der Waals surface area (Å²) in [5.74, 6) is 0.0726. The van der Waals surface area contributed by atoms with E-state index in [1.807, 2.05) is 27.9 Å². The fraction of sp³-hybridized carbons (Fsp3) is 0.529. The molecule has 1 saturated heterocycles. The minimum absolute atomic E-state index is 0. The first-order chi connectivity index (χ1) is 11.3. The zero-order valence-electron chi connectivity index (χ0n) is 13.6.